The van der Waals surface area contributed by atoms with E-state index in [4.69, 9.17) is 9.72 Å². The minimum atomic E-state index is 0.691. The molecule has 6 heterocycles. The number of methoxy groups -OCH3 is 1. The molecule has 0 aliphatic rings. The first-order valence-electron chi connectivity index (χ1n) is 9.65. The fourth-order valence-electron chi connectivity index (χ4n) is 3.73. The second kappa shape index (κ2) is 7.03. The lowest BCUT2D eigenvalue weighted by atomic mass is 10.1. The Hall–Kier alpha value is -4.04. The lowest BCUT2D eigenvalue weighted by molar-refractivity contribution is 0.413. The summed E-state index contributed by atoms with van der Waals surface area (Å²) in [5, 5.41) is 12.9. The monoisotopic (exact) mass is 424 g/mol. The molecule has 0 spiro atoms. The maximum absolute atomic E-state index is 5.30. The van der Waals surface area contributed by atoms with Gasteiger partial charge in [0.1, 0.15) is 17.0 Å². The molecule has 6 rings (SSSR count). The first-order chi connectivity index (χ1) is 15.3. The Bertz CT molecular complexity index is 1530. The van der Waals surface area contributed by atoms with Gasteiger partial charge in [-0.2, -0.15) is 16.4 Å². The van der Waals surface area contributed by atoms with Crippen molar-refractivity contribution in [3.63, 3.8) is 0 Å². The van der Waals surface area contributed by atoms with E-state index in [-0.39, 0.29) is 0 Å². The van der Waals surface area contributed by atoms with E-state index in [2.05, 4.69) is 48.0 Å². The Morgan fingerprint density at radius 3 is 2.81 bits per heavy atom. The topological polar surface area (TPSA) is 92.4 Å². The molecule has 2 N–H and O–H groups in total. The van der Waals surface area contributed by atoms with Crippen LogP contribution in [-0.2, 0) is 0 Å². The zero-order chi connectivity index (χ0) is 20.8. The molecule has 0 fully saturated rings. The summed E-state index contributed by atoms with van der Waals surface area (Å²) in [5.41, 5.74) is 8.07. The molecule has 150 valence electrons. The fourth-order valence-corrected chi connectivity index (χ4v) is 4.37. The number of rotatable bonds is 4. The number of thiophene rings is 1. The number of ether oxygens (including phenoxy) is 1. The SMILES string of the molecule is COc1cncc(-c2ccc3[nH]nc(-c4cc5c(-c6ccsc6)nccc5[nH]4)c3n2)c1. The van der Waals surface area contributed by atoms with Crippen LogP contribution in [0, 0.1) is 0 Å². The van der Waals surface area contributed by atoms with E-state index in [1.54, 1.807) is 30.8 Å². The number of aromatic amines is 2. The minimum Gasteiger partial charge on any atom is -0.495 e. The molecule has 0 unspecified atom stereocenters. The number of hydrogen-bond donors (Lipinski definition) is 2. The quantitative estimate of drug-likeness (QED) is 0.401. The van der Waals surface area contributed by atoms with Gasteiger partial charge in [0.25, 0.3) is 0 Å². The van der Waals surface area contributed by atoms with Gasteiger partial charge in [-0.25, -0.2) is 4.98 Å². The van der Waals surface area contributed by atoms with E-state index in [1.165, 1.54) is 0 Å². The van der Waals surface area contributed by atoms with Crippen LogP contribution in [0.4, 0.5) is 0 Å². The summed E-state index contributed by atoms with van der Waals surface area (Å²) in [6.45, 7) is 0. The summed E-state index contributed by atoms with van der Waals surface area (Å²) in [6, 6.07) is 12.0. The van der Waals surface area contributed by atoms with Crippen molar-refractivity contribution in [1.29, 1.82) is 0 Å². The Balaban J connectivity index is 1.50. The van der Waals surface area contributed by atoms with Crippen LogP contribution in [0.3, 0.4) is 0 Å². The zero-order valence-corrected chi connectivity index (χ0v) is 17.3. The lowest BCUT2D eigenvalue weighted by Crippen LogP contribution is -1.89. The average molecular weight is 424 g/mol. The van der Waals surface area contributed by atoms with Crippen molar-refractivity contribution in [2.75, 3.05) is 7.11 Å². The summed E-state index contributed by atoms with van der Waals surface area (Å²) in [5.74, 6) is 0.691. The molecule has 0 saturated carbocycles. The molecule has 0 aliphatic carbocycles. The Morgan fingerprint density at radius 1 is 0.968 bits per heavy atom. The molecule has 31 heavy (non-hydrogen) atoms. The van der Waals surface area contributed by atoms with Gasteiger partial charge in [0, 0.05) is 39.8 Å². The molecular formula is C23H16N6OS. The highest BCUT2D eigenvalue weighted by molar-refractivity contribution is 7.08. The minimum absolute atomic E-state index is 0.691. The van der Waals surface area contributed by atoms with Crippen LogP contribution in [-0.4, -0.2) is 37.2 Å². The van der Waals surface area contributed by atoms with Crippen molar-refractivity contribution in [2.45, 2.75) is 0 Å². The first-order valence-corrected chi connectivity index (χ1v) is 10.6. The molecule has 8 heteroatoms. The van der Waals surface area contributed by atoms with Crippen molar-refractivity contribution in [3.05, 3.63) is 65.7 Å². The van der Waals surface area contributed by atoms with E-state index in [0.29, 0.717) is 5.75 Å². The van der Waals surface area contributed by atoms with E-state index < -0.39 is 0 Å². The Kier molecular flexibility index (Phi) is 4.03. The van der Waals surface area contributed by atoms with Gasteiger partial charge < -0.3 is 9.72 Å². The first kappa shape index (κ1) is 17.8. The maximum Gasteiger partial charge on any atom is 0.137 e. The van der Waals surface area contributed by atoms with Crippen LogP contribution in [0.25, 0.3) is 55.8 Å². The molecule has 0 aliphatic heterocycles. The predicted molar refractivity (Wildman–Crippen MR) is 122 cm³/mol. The smallest absolute Gasteiger partial charge is 0.137 e. The van der Waals surface area contributed by atoms with Crippen LogP contribution in [0.2, 0.25) is 0 Å². The molecule has 0 amide bonds. The number of H-pyrrole nitrogens is 2. The molecule has 0 saturated heterocycles. The normalized spacial score (nSPS) is 11.4. The van der Waals surface area contributed by atoms with E-state index in [9.17, 15) is 0 Å². The number of aromatic nitrogens is 6. The molecule has 6 aromatic rings. The highest BCUT2D eigenvalue weighted by Gasteiger charge is 2.16. The highest BCUT2D eigenvalue weighted by atomic mass is 32.1. The summed E-state index contributed by atoms with van der Waals surface area (Å²) in [4.78, 5) is 17.2. The third-order valence-electron chi connectivity index (χ3n) is 5.25. The molecular weight excluding hydrogens is 408 g/mol. The Morgan fingerprint density at radius 2 is 1.94 bits per heavy atom. The van der Waals surface area contributed by atoms with Crippen LogP contribution in [0.1, 0.15) is 0 Å². The second-order valence-electron chi connectivity index (χ2n) is 7.09. The van der Waals surface area contributed by atoms with Gasteiger partial charge >= 0.3 is 0 Å². The molecule has 7 nitrogen and oxygen atoms in total. The van der Waals surface area contributed by atoms with Gasteiger partial charge in [-0.05, 0) is 41.8 Å². The lowest BCUT2D eigenvalue weighted by Gasteiger charge is -2.04. The molecule has 6 aromatic heterocycles. The number of pyridine rings is 3. The fraction of sp³-hybridized carbons (Fsp3) is 0.0435. The predicted octanol–water partition coefficient (Wildman–Crippen LogP) is 5.30. The number of hydrogen-bond acceptors (Lipinski definition) is 6. The standard InChI is InChI=1S/C23H16N6OS/c1-30-15-8-14(10-24-11-15)17-2-3-19-22(27-17)23(29-28-19)20-9-16-18(26-20)4-6-25-21(16)13-5-7-31-12-13/h2-12,26H,1H3,(H,28,29). The molecule has 0 radical (unpaired) electrons. The number of nitrogens with one attached hydrogen (secondary N) is 2. The summed E-state index contributed by atoms with van der Waals surface area (Å²) < 4.78 is 5.30. The van der Waals surface area contributed by atoms with Crippen molar-refractivity contribution in [2.24, 2.45) is 0 Å². The number of nitrogens with zero attached hydrogens (tertiary/aromatic N) is 4. The van der Waals surface area contributed by atoms with Crippen LogP contribution < -0.4 is 4.74 Å². The average Bonchev–Trinajstić information content (AvgIpc) is 3.57. The highest BCUT2D eigenvalue weighted by Crippen LogP contribution is 2.33. The van der Waals surface area contributed by atoms with Crippen LogP contribution >= 0.6 is 11.3 Å². The maximum atomic E-state index is 5.30. The van der Waals surface area contributed by atoms with Gasteiger partial charge in [-0.3, -0.25) is 15.1 Å². The summed E-state index contributed by atoms with van der Waals surface area (Å²) in [7, 11) is 1.63. The van der Waals surface area contributed by atoms with Crippen molar-refractivity contribution in [1.82, 2.24) is 30.1 Å². The summed E-state index contributed by atoms with van der Waals surface area (Å²) >= 11 is 1.66. The van der Waals surface area contributed by atoms with Gasteiger partial charge in [0.2, 0.25) is 0 Å². The van der Waals surface area contributed by atoms with Crippen molar-refractivity contribution < 1.29 is 4.74 Å². The summed E-state index contributed by atoms with van der Waals surface area (Å²) in [6.07, 6.45) is 5.28. The van der Waals surface area contributed by atoms with Crippen molar-refractivity contribution in [3.8, 4) is 39.7 Å². The van der Waals surface area contributed by atoms with E-state index in [0.717, 1.165) is 55.8 Å². The molecule has 0 atom stereocenters. The zero-order valence-electron chi connectivity index (χ0n) is 16.5. The van der Waals surface area contributed by atoms with Gasteiger partial charge in [-0.15, -0.1) is 0 Å². The molecule has 0 aromatic carbocycles. The van der Waals surface area contributed by atoms with Crippen LogP contribution in [0.15, 0.2) is 65.7 Å². The number of fused-ring (bicyclic) bond motifs is 2. The van der Waals surface area contributed by atoms with E-state index in [1.807, 2.05) is 30.5 Å². The van der Waals surface area contributed by atoms with Gasteiger partial charge in [0.05, 0.1) is 35.9 Å². The second-order valence-corrected chi connectivity index (χ2v) is 7.87. The Labute approximate surface area is 180 Å². The molecule has 0 bridgehead atoms. The third-order valence-corrected chi connectivity index (χ3v) is 5.93. The van der Waals surface area contributed by atoms with Gasteiger partial charge in [0.15, 0.2) is 0 Å². The van der Waals surface area contributed by atoms with Gasteiger partial charge in [-0.1, -0.05) is 0 Å². The third kappa shape index (κ3) is 2.96. The van der Waals surface area contributed by atoms with E-state index >= 15 is 0 Å². The van der Waals surface area contributed by atoms with Crippen molar-refractivity contribution >= 4 is 33.3 Å². The largest absolute Gasteiger partial charge is 0.495 e. The van der Waals surface area contributed by atoms with Crippen LogP contribution in [0.5, 0.6) is 5.75 Å².